The highest BCUT2D eigenvalue weighted by molar-refractivity contribution is 8.01. The van der Waals surface area contributed by atoms with Crippen LogP contribution in [0.2, 0.25) is 0 Å². The van der Waals surface area contributed by atoms with Gasteiger partial charge in [-0.05, 0) is 36.4 Å². The van der Waals surface area contributed by atoms with Gasteiger partial charge in [-0.3, -0.25) is 14.4 Å². The number of nitrogens with zero attached hydrogens (tertiary/aromatic N) is 1. The molecule has 0 fully saturated rings. The van der Waals surface area contributed by atoms with Gasteiger partial charge in [-0.2, -0.15) is 0 Å². The molecule has 2 aromatic carbocycles. The molecule has 9 heteroatoms. The van der Waals surface area contributed by atoms with Gasteiger partial charge in [-0.15, -0.1) is 11.3 Å². The van der Waals surface area contributed by atoms with Crippen LogP contribution in [-0.2, 0) is 20.8 Å². The van der Waals surface area contributed by atoms with Crippen molar-refractivity contribution in [3.63, 3.8) is 0 Å². The van der Waals surface area contributed by atoms with Crippen molar-refractivity contribution in [1.29, 1.82) is 0 Å². The molecule has 3 aromatic rings. The number of hydrogen-bond acceptors (Lipinski definition) is 6. The first-order valence-electron chi connectivity index (χ1n) is 9.07. The molecular formula is C21H20N4O3S2. The number of carbonyl (C=O) groups excluding carboxylic acids is 3. The molecule has 1 heterocycles. The molecule has 3 rings (SSSR count). The maximum Gasteiger partial charge on any atom is 0.234 e. The van der Waals surface area contributed by atoms with E-state index in [1.54, 1.807) is 24.3 Å². The summed E-state index contributed by atoms with van der Waals surface area (Å²) in [6.07, 6.45) is 0.179. The van der Waals surface area contributed by atoms with E-state index < -0.39 is 0 Å². The second-order valence-electron chi connectivity index (χ2n) is 6.29. The summed E-state index contributed by atoms with van der Waals surface area (Å²) in [6, 6.07) is 16.1. The molecule has 3 amide bonds. The zero-order chi connectivity index (χ0) is 21.3. The van der Waals surface area contributed by atoms with Crippen LogP contribution in [-0.4, -0.2) is 28.5 Å². The Balaban J connectivity index is 1.43. The first-order chi connectivity index (χ1) is 14.5. The summed E-state index contributed by atoms with van der Waals surface area (Å²) >= 11 is 2.72. The zero-order valence-electron chi connectivity index (χ0n) is 16.2. The third-order valence-corrected chi connectivity index (χ3v) is 5.82. The molecule has 7 nitrogen and oxygen atoms in total. The lowest BCUT2D eigenvalue weighted by molar-refractivity contribution is -0.116. The number of rotatable bonds is 8. The molecule has 1 aromatic heterocycles. The smallest absolute Gasteiger partial charge is 0.234 e. The van der Waals surface area contributed by atoms with Crippen LogP contribution >= 0.6 is 23.1 Å². The van der Waals surface area contributed by atoms with Gasteiger partial charge >= 0.3 is 0 Å². The van der Waals surface area contributed by atoms with Gasteiger partial charge in [-0.25, -0.2) is 4.98 Å². The molecule has 0 atom stereocenters. The number of carbonyl (C=O) groups is 3. The van der Waals surface area contributed by atoms with Crippen LogP contribution in [0.15, 0.2) is 64.3 Å². The molecule has 154 valence electrons. The van der Waals surface area contributed by atoms with Gasteiger partial charge in [0.05, 0.1) is 17.9 Å². The van der Waals surface area contributed by atoms with Crippen molar-refractivity contribution in [3.05, 3.63) is 65.7 Å². The van der Waals surface area contributed by atoms with E-state index in [0.29, 0.717) is 17.1 Å². The molecule has 0 spiro atoms. The Bertz CT molecular complexity index is 1020. The Labute approximate surface area is 182 Å². The number of amides is 3. The molecule has 0 bridgehead atoms. The fraction of sp³-hybridized carbons (Fsp3) is 0.143. The average Bonchev–Trinajstić information content (AvgIpc) is 3.15. The Morgan fingerprint density at radius 2 is 1.47 bits per heavy atom. The quantitative estimate of drug-likeness (QED) is 0.460. The number of anilines is 3. The fourth-order valence-corrected chi connectivity index (χ4v) is 4.14. The highest BCUT2D eigenvalue weighted by Gasteiger charge is 2.10. The van der Waals surface area contributed by atoms with E-state index in [4.69, 9.17) is 0 Å². The normalized spacial score (nSPS) is 10.3. The predicted octanol–water partition coefficient (Wildman–Crippen LogP) is 4.01. The van der Waals surface area contributed by atoms with Crippen molar-refractivity contribution in [2.24, 2.45) is 0 Å². The summed E-state index contributed by atoms with van der Waals surface area (Å²) in [5.74, 6) is -0.241. The second kappa shape index (κ2) is 10.6. The van der Waals surface area contributed by atoms with E-state index in [1.807, 2.05) is 35.7 Å². The summed E-state index contributed by atoms with van der Waals surface area (Å²) < 4.78 is 0.730. The van der Waals surface area contributed by atoms with E-state index in [2.05, 4.69) is 20.9 Å². The van der Waals surface area contributed by atoms with Crippen LogP contribution in [0.5, 0.6) is 0 Å². The highest BCUT2D eigenvalue weighted by Crippen LogP contribution is 2.23. The molecule has 3 N–H and O–H groups in total. The van der Waals surface area contributed by atoms with Crippen LogP contribution in [0.1, 0.15) is 12.6 Å². The van der Waals surface area contributed by atoms with Gasteiger partial charge in [-0.1, -0.05) is 30.0 Å². The summed E-state index contributed by atoms with van der Waals surface area (Å²) in [4.78, 5) is 39.7. The van der Waals surface area contributed by atoms with Crippen molar-refractivity contribution in [1.82, 2.24) is 4.98 Å². The largest absolute Gasteiger partial charge is 0.326 e. The van der Waals surface area contributed by atoms with Crippen LogP contribution in [0.25, 0.3) is 0 Å². The Kier molecular flexibility index (Phi) is 7.58. The number of hydrogen-bond donors (Lipinski definition) is 3. The Morgan fingerprint density at radius 1 is 0.867 bits per heavy atom. The van der Waals surface area contributed by atoms with Crippen molar-refractivity contribution in [2.75, 3.05) is 21.7 Å². The minimum Gasteiger partial charge on any atom is -0.326 e. The van der Waals surface area contributed by atoms with Crippen molar-refractivity contribution < 1.29 is 14.4 Å². The highest BCUT2D eigenvalue weighted by atomic mass is 32.2. The summed E-state index contributed by atoms with van der Waals surface area (Å²) in [6.45, 7) is 1.44. The van der Waals surface area contributed by atoms with E-state index in [9.17, 15) is 14.4 Å². The third-order valence-electron chi connectivity index (χ3n) is 3.75. The molecule has 0 aliphatic rings. The summed E-state index contributed by atoms with van der Waals surface area (Å²) in [7, 11) is 0. The van der Waals surface area contributed by atoms with Crippen LogP contribution in [0.3, 0.4) is 0 Å². The lowest BCUT2D eigenvalue weighted by Crippen LogP contribution is -2.14. The fourth-order valence-electron chi connectivity index (χ4n) is 2.49. The third kappa shape index (κ3) is 7.02. The summed E-state index contributed by atoms with van der Waals surface area (Å²) in [5, 5.41) is 10.1. The van der Waals surface area contributed by atoms with Crippen molar-refractivity contribution in [2.45, 2.75) is 17.7 Å². The molecule has 0 unspecified atom stereocenters. The lowest BCUT2D eigenvalue weighted by atomic mass is 10.3. The SMILES string of the molecule is CC(=O)Nc1ccc(NC(=O)CSc2nc(CC(=O)Nc3ccccc3)cs2)cc1. The molecule has 0 saturated carbocycles. The monoisotopic (exact) mass is 440 g/mol. The van der Waals surface area contributed by atoms with Gasteiger partial charge < -0.3 is 16.0 Å². The van der Waals surface area contributed by atoms with Gasteiger partial charge in [0.1, 0.15) is 0 Å². The molecule has 0 saturated heterocycles. The van der Waals surface area contributed by atoms with E-state index in [1.165, 1.54) is 30.0 Å². The molecule has 0 radical (unpaired) electrons. The second-order valence-corrected chi connectivity index (χ2v) is 8.37. The topological polar surface area (TPSA) is 100 Å². The first kappa shape index (κ1) is 21.5. The molecule has 0 aliphatic carbocycles. The number of nitrogens with one attached hydrogen (secondary N) is 3. The number of thiazole rings is 1. The van der Waals surface area contributed by atoms with Crippen LogP contribution < -0.4 is 16.0 Å². The van der Waals surface area contributed by atoms with Crippen molar-refractivity contribution >= 4 is 57.9 Å². The molecular weight excluding hydrogens is 420 g/mol. The average molecular weight is 441 g/mol. The lowest BCUT2D eigenvalue weighted by Gasteiger charge is -2.06. The zero-order valence-corrected chi connectivity index (χ0v) is 17.8. The maximum absolute atomic E-state index is 12.1. The van der Waals surface area contributed by atoms with Gasteiger partial charge in [0, 0.05) is 29.4 Å². The number of para-hydroxylation sites is 1. The number of benzene rings is 2. The number of thioether (sulfide) groups is 1. The molecule has 30 heavy (non-hydrogen) atoms. The van der Waals surface area contributed by atoms with E-state index in [-0.39, 0.29) is 29.9 Å². The standard InChI is InChI=1S/C21H20N4O3S2/c1-14(26)22-16-7-9-17(10-8-16)24-20(28)13-30-21-25-18(12-29-21)11-19(27)23-15-5-3-2-4-6-15/h2-10,12H,11,13H2,1H3,(H,22,26)(H,23,27)(H,24,28). The van der Waals surface area contributed by atoms with Gasteiger partial charge in [0.2, 0.25) is 17.7 Å². The van der Waals surface area contributed by atoms with Crippen LogP contribution in [0, 0.1) is 0 Å². The van der Waals surface area contributed by atoms with E-state index in [0.717, 1.165) is 10.0 Å². The van der Waals surface area contributed by atoms with Gasteiger partial charge in [0.25, 0.3) is 0 Å². The first-order valence-corrected chi connectivity index (χ1v) is 10.9. The van der Waals surface area contributed by atoms with E-state index >= 15 is 0 Å². The Hall–Kier alpha value is -3.17. The predicted molar refractivity (Wildman–Crippen MR) is 121 cm³/mol. The Morgan fingerprint density at radius 3 is 2.13 bits per heavy atom. The number of aromatic nitrogens is 1. The summed E-state index contributed by atoms with van der Waals surface area (Å²) in [5.41, 5.74) is 2.73. The minimum atomic E-state index is -0.161. The maximum atomic E-state index is 12.1. The van der Waals surface area contributed by atoms with Crippen molar-refractivity contribution in [3.8, 4) is 0 Å². The van der Waals surface area contributed by atoms with Gasteiger partial charge in [0.15, 0.2) is 4.34 Å². The minimum absolute atomic E-state index is 0.136. The van der Waals surface area contributed by atoms with Crippen LogP contribution in [0.4, 0.5) is 17.1 Å². The molecule has 0 aliphatic heterocycles.